The second-order valence-corrected chi connectivity index (χ2v) is 14.5. The van der Waals surface area contributed by atoms with Gasteiger partial charge in [0.15, 0.2) is 0 Å². The van der Waals surface area contributed by atoms with Crippen LogP contribution in [-0.4, -0.2) is 21.1 Å². The van der Waals surface area contributed by atoms with E-state index in [0.717, 1.165) is 66.4 Å². The maximum absolute atomic E-state index is 8.20. The van der Waals surface area contributed by atoms with Crippen molar-refractivity contribution in [3.05, 3.63) is 164 Å². The first-order valence-corrected chi connectivity index (χ1v) is 17.7. The van der Waals surface area contributed by atoms with Crippen LogP contribution in [0.25, 0.3) is 55.1 Å². The van der Waals surface area contributed by atoms with Gasteiger partial charge in [-0.1, -0.05) is 93.0 Å². The Bertz CT molecular complexity index is 2980. The van der Waals surface area contributed by atoms with Crippen LogP contribution in [0.3, 0.4) is 0 Å². The molecule has 0 N–H and O–H groups in total. The maximum Gasteiger partial charge on any atom is 0.137 e. The molecule has 1 aliphatic heterocycles. The molecule has 0 saturated carbocycles. The van der Waals surface area contributed by atoms with Crippen LogP contribution in [0.4, 0.5) is 17.1 Å². The second kappa shape index (κ2) is 12.9. The molecule has 6 nitrogen and oxygen atoms in total. The molecule has 0 spiro atoms. The van der Waals surface area contributed by atoms with Crippen LogP contribution in [-0.2, 0) is 26.5 Å². The summed E-state index contributed by atoms with van der Waals surface area (Å²) in [7, 11) is 0. The number of nitrogens with zero attached hydrogens (tertiary/aromatic N) is 5. The van der Waals surface area contributed by atoms with Gasteiger partial charge < -0.3 is 23.7 Å². The molecule has 9 aromatic rings. The van der Waals surface area contributed by atoms with Gasteiger partial charge in [-0.15, -0.1) is 47.0 Å². The van der Waals surface area contributed by atoms with Crippen LogP contribution in [0.5, 0.6) is 11.5 Å². The minimum atomic E-state index is -2.36. The van der Waals surface area contributed by atoms with Gasteiger partial charge in [0.05, 0.1) is 11.0 Å². The summed E-state index contributed by atoms with van der Waals surface area (Å²) < 4.78 is 35.7. The van der Waals surface area contributed by atoms with Crippen LogP contribution >= 0.6 is 0 Å². The first kappa shape index (κ1) is 30.6. The molecular weight excluding hydrogens is 846 g/mol. The molecule has 0 atom stereocenters. The molecule has 3 aromatic heterocycles. The summed E-state index contributed by atoms with van der Waals surface area (Å²) in [5.74, 6) is 1.78. The van der Waals surface area contributed by atoms with Crippen molar-refractivity contribution in [2.24, 2.45) is 0 Å². The smallest absolute Gasteiger partial charge is 0.137 e. The number of para-hydroxylation sites is 5. The molecule has 0 saturated heterocycles. The van der Waals surface area contributed by atoms with Crippen molar-refractivity contribution in [2.75, 3.05) is 16.8 Å². The number of pyridine rings is 1. The number of aromatic nitrogens is 3. The van der Waals surface area contributed by atoms with Crippen molar-refractivity contribution in [3.8, 4) is 23.0 Å². The number of hydrogen-bond donors (Lipinski definition) is 0. The average molecular weight is 885 g/mol. The Balaban J connectivity index is 0.00000422. The van der Waals surface area contributed by atoms with Crippen LogP contribution in [0.15, 0.2) is 140 Å². The van der Waals surface area contributed by atoms with E-state index in [1.807, 2.05) is 65.7 Å². The van der Waals surface area contributed by atoms with E-state index in [2.05, 4.69) is 121 Å². The molecule has 0 unspecified atom stereocenters. The van der Waals surface area contributed by atoms with Gasteiger partial charge in [-0.2, -0.15) is 12.7 Å². The zero-order valence-electron chi connectivity index (χ0n) is 32.8. The van der Waals surface area contributed by atoms with E-state index >= 15 is 0 Å². The molecule has 7 heteroatoms. The normalized spacial score (nSPS) is 13.9. The number of fused-ring (bicyclic) bond motifs is 7. The SMILES string of the molecule is [2H]C([2H])([2H])N1[CH-]N(c2[c-]c(Oc3[c-]c4c(cc3)c3ccccc3n4-c3cc4c(cn3)c3ccccc3n4-c3ccccc3)cc(C(C)(C)C)c2)c2ccccc21.[Pt]. The van der Waals surface area contributed by atoms with E-state index in [-0.39, 0.29) is 26.5 Å². The van der Waals surface area contributed by atoms with Crippen molar-refractivity contribution in [1.29, 1.82) is 0 Å². The molecular formula is C47H36N5OPt-3. The van der Waals surface area contributed by atoms with Crippen LogP contribution in [0.1, 0.15) is 30.4 Å². The molecule has 4 heterocycles. The summed E-state index contributed by atoms with van der Waals surface area (Å²) in [5.41, 5.74) is 7.90. The monoisotopic (exact) mass is 884 g/mol. The van der Waals surface area contributed by atoms with Crippen molar-refractivity contribution >= 4 is 60.7 Å². The van der Waals surface area contributed by atoms with Crippen LogP contribution in [0, 0.1) is 18.8 Å². The van der Waals surface area contributed by atoms with Crippen molar-refractivity contribution in [2.45, 2.75) is 26.2 Å². The Hall–Kier alpha value is -5.84. The van der Waals surface area contributed by atoms with Crippen molar-refractivity contribution in [3.63, 3.8) is 0 Å². The molecule has 6 aromatic carbocycles. The minimum absolute atomic E-state index is 0. The van der Waals surface area contributed by atoms with Gasteiger partial charge in [-0.3, -0.25) is 0 Å². The Labute approximate surface area is 333 Å². The standard InChI is InChI=1S/C47H36N5O.Pt/c1-47(2,3)31-24-33(50-30-49(4)42-20-12-13-21-43(42)50)26-35(25-31)53-34-22-23-38-36-16-8-11-19-41(36)52(44(38)27-34)46-28-45-39(29-48-46)37-17-9-10-18-40(37)51(45)32-14-6-5-7-15-32;/h5-25,28-30H,1-4H3;/q-3;/i4D3;. The fourth-order valence-corrected chi connectivity index (χ4v) is 7.57. The fourth-order valence-electron chi connectivity index (χ4n) is 7.57. The van der Waals surface area contributed by atoms with E-state index in [1.165, 1.54) is 4.90 Å². The Kier molecular flexibility index (Phi) is 7.33. The predicted octanol–water partition coefficient (Wildman–Crippen LogP) is 11.7. The third-order valence-electron chi connectivity index (χ3n) is 10.2. The zero-order chi connectivity index (χ0) is 38.3. The van der Waals surface area contributed by atoms with Crippen molar-refractivity contribution in [1.82, 2.24) is 14.1 Å². The van der Waals surface area contributed by atoms with Gasteiger partial charge in [-0.25, -0.2) is 4.98 Å². The van der Waals surface area contributed by atoms with Gasteiger partial charge in [0.25, 0.3) is 0 Å². The number of hydrogen-bond acceptors (Lipinski definition) is 4. The van der Waals surface area contributed by atoms with E-state index < -0.39 is 6.98 Å². The topological polar surface area (TPSA) is 38.5 Å². The van der Waals surface area contributed by atoms with E-state index in [4.69, 9.17) is 13.8 Å². The van der Waals surface area contributed by atoms with E-state index in [1.54, 1.807) is 6.67 Å². The molecule has 0 radical (unpaired) electrons. The van der Waals surface area contributed by atoms with Gasteiger partial charge in [0.1, 0.15) is 5.82 Å². The summed E-state index contributed by atoms with van der Waals surface area (Å²) in [5, 5.41) is 4.33. The minimum Gasteiger partial charge on any atom is -0.509 e. The summed E-state index contributed by atoms with van der Waals surface area (Å²) >= 11 is 0. The molecule has 0 aliphatic carbocycles. The number of ether oxygens (including phenoxy) is 1. The predicted molar refractivity (Wildman–Crippen MR) is 217 cm³/mol. The fraction of sp³-hybridized carbons (Fsp3) is 0.106. The Morgan fingerprint density at radius 1 is 0.648 bits per heavy atom. The van der Waals surface area contributed by atoms with Crippen LogP contribution in [0.2, 0.25) is 0 Å². The second-order valence-electron chi connectivity index (χ2n) is 14.5. The molecule has 268 valence electrons. The summed E-state index contributed by atoms with van der Waals surface area (Å²) in [6, 6.07) is 52.0. The first-order valence-electron chi connectivity index (χ1n) is 19.2. The van der Waals surface area contributed by atoms with Gasteiger partial charge in [-0.05, 0) is 54.2 Å². The van der Waals surface area contributed by atoms with Crippen molar-refractivity contribution < 1.29 is 29.9 Å². The number of rotatable bonds is 5. The zero-order valence-corrected chi connectivity index (χ0v) is 32.1. The van der Waals surface area contributed by atoms with Gasteiger partial charge in [0, 0.05) is 82.3 Å². The van der Waals surface area contributed by atoms with Gasteiger partial charge in [0.2, 0.25) is 0 Å². The molecule has 0 amide bonds. The molecule has 10 rings (SSSR count). The first-order chi connectivity index (χ1) is 27.0. The Morgan fingerprint density at radius 2 is 1.33 bits per heavy atom. The number of benzene rings is 6. The quantitative estimate of drug-likeness (QED) is 0.161. The van der Waals surface area contributed by atoms with E-state index in [9.17, 15) is 0 Å². The largest absolute Gasteiger partial charge is 0.509 e. The summed E-state index contributed by atoms with van der Waals surface area (Å²) in [4.78, 5) is 8.28. The average Bonchev–Trinajstić information content (AvgIpc) is 3.86. The summed E-state index contributed by atoms with van der Waals surface area (Å²) in [6.45, 7) is 5.70. The summed E-state index contributed by atoms with van der Waals surface area (Å²) in [6.07, 6.45) is 1.97. The third kappa shape index (κ3) is 5.47. The molecule has 0 bridgehead atoms. The Morgan fingerprint density at radius 3 is 2.09 bits per heavy atom. The molecule has 1 aliphatic rings. The van der Waals surface area contributed by atoms with E-state index in [0.29, 0.717) is 22.9 Å². The van der Waals surface area contributed by atoms with Crippen LogP contribution < -0.4 is 14.5 Å². The van der Waals surface area contributed by atoms with Gasteiger partial charge >= 0.3 is 0 Å². The third-order valence-corrected chi connectivity index (χ3v) is 10.2. The number of anilines is 3. The maximum atomic E-state index is 8.20. The molecule has 54 heavy (non-hydrogen) atoms. The molecule has 0 fully saturated rings.